The highest BCUT2D eigenvalue weighted by molar-refractivity contribution is 5.99. The Labute approximate surface area is 96.0 Å². The van der Waals surface area contributed by atoms with Crippen molar-refractivity contribution in [1.29, 1.82) is 0 Å². The van der Waals surface area contributed by atoms with Crippen molar-refractivity contribution in [3.05, 3.63) is 11.1 Å². The lowest BCUT2D eigenvalue weighted by Crippen LogP contribution is -2.17. The Morgan fingerprint density at radius 1 is 1.12 bits per heavy atom. The second-order valence-electron chi connectivity index (χ2n) is 3.90. The Kier molecular flexibility index (Phi) is 6.46. The van der Waals surface area contributed by atoms with Gasteiger partial charge >= 0.3 is 11.9 Å². The molecule has 1 atom stereocenters. The van der Waals surface area contributed by atoms with Crippen LogP contribution >= 0.6 is 0 Å². The normalized spacial score (nSPS) is 14.2. The highest BCUT2D eigenvalue weighted by Crippen LogP contribution is 2.23. The molecule has 92 valence electrons. The van der Waals surface area contributed by atoms with Gasteiger partial charge < -0.3 is 10.2 Å². The van der Waals surface area contributed by atoms with Crippen LogP contribution in [-0.4, -0.2) is 22.2 Å². The highest BCUT2D eigenvalue weighted by atomic mass is 16.4. The van der Waals surface area contributed by atoms with Crippen LogP contribution in [0.4, 0.5) is 0 Å². The first-order valence-corrected chi connectivity index (χ1v) is 5.65. The summed E-state index contributed by atoms with van der Waals surface area (Å²) in [6.45, 7) is 5.46. The molecule has 1 unspecified atom stereocenters. The quantitative estimate of drug-likeness (QED) is 0.657. The molecule has 16 heavy (non-hydrogen) atoms. The van der Waals surface area contributed by atoms with Crippen LogP contribution in [0.5, 0.6) is 0 Å². The number of aliphatic carboxylic acids is 2. The molecule has 0 aromatic carbocycles. The van der Waals surface area contributed by atoms with Crippen molar-refractivity contribution in [3.63, 3.8) is 0 Å². The van der Waals surface area contributed by atoms with E-state index in [1.54, 1.807) is 13.8 Å². The molecule has 0 bridgehead atoms. The maximum atomic E-state index is 11.1. The van der Waals surface area contributed by atoms with E-state index >= 15 is 0 Å². The average Bonchev–Trinajstić information content (AvgIpc) is 2.21. The number of unbranched alkanes of at least 4 members (excludes halogenated alkanes) is 1. The summed E-state index contributed by atoms with van der Waals surface area (Å²) in [5.41, 5.74) is 0.0829. The Balaban J connectivity index is 5.11. The molecule has 0 spiro atoms. The standard InChI is InChI=1S/C12H20O4/c1-4-6-7-8(3)10(12(15)16)9(5-2)11(13)14/h8H,4-7H2,1-3H3,(H,13,14)(H,15,16). The molecule has 0 rings (SSSR count). The number of carboxylic acid groups (broad SMARTS) is 2. The minimum Gasteiger partial charge on any atom is -0.478 e. The van der Waals surface area contributed by atoms with Crippen LogP contribution in [-0.2, 0) is 9.59 Å². The van der Waals surface area contributed by atoms with E-state index in [1.807, 2.05) is 6.92 Å². The van der Waals surface area contributed by atoms with E-state index < -0.39 is 11.9 Å². The van der Waals surface area contributed by atoms with Crippen LogP contribution in [0.15, 0.2) is 11.1 Å². The lowest BCUT2D eigenvalue weighted by atomic mass is 9.90. The van der Waals surface area contributed by atoms with E-state index in [-0.39, 0.29) is 23.5 Å². The van der Waals surface area contributed by atoms with Crippen LogP contribution in [0.3, 0.4) is 0 Å². The van der Waals surface area contributed by atoms with E-state index in [0.717, 1.165) is 19.3 Å². The Hall–Kier alpha value is -1.32. The van der Waals surface area contributed by atoms with Crippen molar-refractivity contribution in [2.24, 2.45) is 5.92 Å². The molecule has 0 amide bonds. The van der Waals surface area contributed by atoms with Crippen molar-refractivity contribution in [1.82, 2.24) is 0 Å². The SMILES string of the molecule is CCCCC(C)C(C(=O)O)=C(CC)C(=O)O. The number of carboxylic acids is 2. The van der Waals surface area contributed by atoms with E-state index in [1.165, 1.54) is 0 Å². The van der Waals surface area contributed by atoms with Gasteiger partial charge in [-0.3, -0.25) is 0 Å². The maximum Gasteiger partial charge on any atom is 0.332 e. The monoisotopic (exact) mass is 228 g/mol. The smallest absolute Gasteiger partial charge is 0.332 e. The van der Waals surface area contributed by atoms with Crippen molar-refractivity contribution in [2.75, 3.05) is 0 Å². The first kappa shape index (κ1) is 14.7. The second-order valence-corrected chi connectivity index (χ2v) is 3.90. The third-order valence-corrected chi connectivity index (χ3v) is 2.65. The molecular weight excluding hydrogens is 208 g/mol. The molecule has 0 saturated heterocycles. The summed E-state index contributed by atoms with van der Waals surface area (Å²) in [7, 11) is 0. The number of rotatable bonds is 7. The average molecular weight is 228 g/mol. The fourth-order valence-electron chi connectivity index (χ4n) is 1.75. The lowest BCUT2D eigenvalue weighted by molar-refractivity contribution is -0.136. The first-order valence-electron chi connectivity index (χ1n) is 5.65. The fraction of sp³-hybridized carbons (Fsp3) is 0.667. The third kappa shape index (κ3) is 4.04. The van der Waals surface area contributed by atoms with Crippen LogP contribution in [0.25, 0.3) is 0 Å². The van der Waals surface area contributed by atoms with Gasteiger partial charge in [-0.05, 0) is 18.8 Å². The van der Waals surface area contributed by atoms with Gasteiger partial charge in [-0.2, -0.15) is 0 Å². The van der Waals surface area contributed by atoms with Crippen molar-refractivity contribution in [3.8, 4) is 0 Å². The number of carbonyl (C=O) groups is 2. The lowest BCUT2D eigenvalue weighted by Gasteiger charge is -2.14. The van der Waals surface area contributed by atoms with E-state index in [9.17, 15) is 9.59 Å². The van der Waals surface area contributed by atoms with Gasteiger partial charge in [0.2, 0.25) is 0 Å². The van der Waals surface area contributed by atoms with Crippen molar-refractivity contribution in [2.45, 2.75) is 46.5 Å². The zero-order valence-electron chi connectivity index (χ0n) is 10.1. The molecule has 0 aromatic rings. The van der Waals surface area contributed by atoms with Crippen LogP contribution < -0.4 is 0 Å². The van der Waals surface area contributed by atoms with Gasteiger partial charge in [-0.1, -0.05) is 33.6 Å². The zero-order valence-corrected chi connectivity index (χ0v) is 10.1. The topological polar surface area (TPSA) is 74.6 Å². The molecule has 2 N–H and O–H groups in total. The first-order chi connectivity index (χ1) is 7.45. The van der Waals surface area contributed by atoms with Gasteiger partial charge in [0.05, 0.1) is 5.57 Å². The summed E-state index contributed by atoms with van der Waals surface area (Å²) in [5, 5.41) is 18.0. The molecule has 0 saturated carbocycles. The fourth-order valence-corrected chi connectivity index (χ4v) is 1.75. The summed E-state index contributed by atoms with van der Waals surface area (Å²) in [6, 6.07) is 0. The van der Waals surface area contributed by atoms with E-state index in [0.29, 0.717) is 0 Å². The van der Waals surface area contributed by atoms with Gasteiger partial charge in [0.1, 0.15) is 0 Å². The van der Waals surface area contributed by atoms with Crippen molar-refractivity contribution >= 4 is 11.9 Å². The van der Waals surface area contributed by atoms with Crippen LogP contribution in [0, 0.1) is 5.92 Å². The summed E-state index contributed by atoms with van der Waals surface area (Å²) in [4.78, 5) is 22.0. The zero-order chi connectivity index (χ0) is 12.7. The third-order valence-electron chi connectivity index (χ3n) is 2.65. The molecule has 0 aliphatic carbocycles. The van der Waals surface area contributed by atoms with Crippen LogP contribution in [0.1, 0.15) is 46.5 Å². The summed E-state index contributed by atoms with van der Waals surface area (Å²) in [5.74, 6) is -2.44. The molecule has 4 heteroatoms. The largest absolute Gasteiger partial charge is 0.478 e. The maximum absolute atomic E-state index is 11.1. The molecular formula is C12H20O4. The predicted molar refractivity (Wildman–Crippen MR) is 61.3 cm³/mol. The molecule has 0 heterocycles. The minimum atomic E-state index is -1.12. The summed E-state index contributed by atoms with van der Waals surface area (Å²) >= 11 is 0. The van der Waals surface area contributed by atoms with Gasteiger partial charge in [0.15, 0.2) is 0 Å². The van der Waals surface area contributed by atoms with E-state index in [2.05, 4.69) is 0 Å². The summed E-state index contributed by atoms with van der Waals surface area (Å²) in [6.07, 6.45) is 2.85. The predicted octanol–water partition coefficient (Wildman–Crippen LogP) is 2.69. The molecule has 0 aromatic heterocycles. The highest BCUT2D eigenvalue weighted by Gasteiger charge is 2.23. The summed E-state index contributed by atoms with van der Waals surface area (Å²) < 4.78 is 0. The van der Waals surface area contributed by atoms with Gasteiger partial charge in [-0.25, -0.2) is 9.59 Å². The second kappa shape index (κ2) is 7.04. The molecule has 0 aliphatic heterocycles. The van der Waals surface area contributed by atoms with Crippen molar-refractivity contribution < 1.29 is 19.8 Å². The number of hydrogen-bond donors (Lipinski definition) is 2. The Morgan fingerprint density at radius 2 is 1.69 bits per heavy atom. The molecule has 4 nitrogen and oxygen atoms in total. The molecule has 0 aliphatic rings. The molecule has 0 fully saturated rings. The number of hydrogen-bond acceptors (Lipinski definition) is 2. The Bertz CT molecular complexity index is 291. The van der Waals surface area contributed by atoms with Crippen LogP contribution in [0.2, 0.25) is 0 Å². The van der Waals surface area contributed by atoms with Gasteiger partial charge in [0, 0.05) is 5.57 Å². The van der Waals surface area contributed by atoms with Gasteiger partial charge in [0.25, 0.3) is 0 Å². The van der Waals surface area contributed by atoms with E-state index in [4.69, 9.17) is 10.2 Å². The Morgan fingerprint density at radius 3 is 2.00 bits per heavy atom. The van der Waals surface area contributed by atoms with Gasteiger partial charge in [-0.15, -0.1) is 0 Å². The minimum absolute atomic E-state index is 0.0242. The molecule has 0 radical (unpaired) electrons.